The highest BCUT2D eigenvalue weighted by molar-refractivity contribution is 9.28. The zero-order chi connectivity index (χ0) is 18.5. The summed E-state index contributed by atoms with van der Waals surface area (Å²) in [4.78, 5) is 9.78. The third-order valence-electron chi connectivity index (χ3n) is 4.60. The Morgan fingerprint density at radius 3 is 1.58 bits per heavy atom. The number of halogens is 2. The molecule has 0 radical (unpaired) electrons. The van der Waals surface area contributed by atoms with Gasteiger partial charge in [0, 0.05) is 11.8 Å². The molecule has 4 heteroatoms. The van der Waals surface area contributed by atoms with E-state index >= 15 is 0 Å². The van der Waals surface area contributed by atoms with Gasteiger partial charge >= 0.3 is 0 Å². The summed E-state index contributed by atoms with van der Waals surface area (Å²) in [5, 5.41) is 0. The summed E-state index contributed by atoms with van der Waals surface area (Å²) in [5.74, 6) is 7.88. The Balaban J connectivity index is 0.000000186. The van der Waals surface area contributed by atoms with Gasteiger partial charge in [0.2, 0.25) is 0 Å². The fourth-order valence-electron chi connectivity index (χ4n) is 2.12. The van der Waals surface area contributed by atoms with Crippen LogP contribution >= 0.6 is 31.9 Å². The SMILES string of the molecule is CC1CC1C#C[Si](C)(C)C.CC1CC1C=C(Br)Br.CC1CC1C=O. The Hall–Kier alpha value is 0.147. The molecule has 24 heavy (non-hydrogen) atoms. The van der Waals surface area contributed by atoms with Crippen LogP contribution in [-0.4, -0.2) is 14.4 Å². The van der Waals surface area contributed by atoms with Crippen LogP contribution in [0.2, 0.25) is 19.6 Å². The summed E-state index contributed by atoms with van der Waals surface area (Å²) in [6, 6.07) is 0. The van der Waals surface area contributed by atoms with Crippen LogP contribution in [0.25, 0.3) is 0 Å². The van der Waals surface area contributed by atoms with E-state index in [0.717, 1.165) is 39.8 Å². The molecule has 0 aliphatic heterocycles. The third kappa shape index (κ3) is 10.9. The van der Waals surface area contributed by atoms with E-state index in [9.17, 15) is 4.79 Å². The molecular formula is C20H32Br2OSi. The lowest BCUT2D eigenvalue weighted by molar-refractivity contribution is -0.109. The number of hydrogen-bond donors (Lipinski definition) is 0. The largest absolute Gasteiger partial charge is 0.303 e. The van der Waals surface area contributed by atoms with Gasteiger partial charge in [0.15, 0.2) is 0 Å². The minimum atomic E-state index is -1.07. The van der Waals surface area contributed by atoms with Crippen molar-refractivity contribution in [3.8, 4) is 11.5 Å². The average molecular weight is 476 g/mol. The number of aldehydes is 1. The topological polar surface area (TPSA) is 17.1 Å². The van der Waals surface area contributed by atoms with Crippen LogP contribution < -0.4 is 0 Å². The van der Waals surface area contributed by atoms with Crippen molar-refractivity contribution in [1.29, 1.82) is 0 Å². The maximum Gasteiger partial charge on any atom is 0.129 e. The van der Waals surface area contributed by atoms with Gasteiger partial charge in [-0.05, 0) is 74.8 Å². The van der Waals surface area contributed by atoms with Crippen molar-refractivity contribution in [2.75, 3.05) is 0 Å². The van der Waals surface area contributed by atoms with Gasteiger partial charge < -0.3 is 4.79 Å². The Morgan fingerprint density at radius 1 is 0.958 bits per heavy atom. The first kappa shape index (κ1) is 22.2. The monoisotopic (exact) mass is 474 g/mol. The molecule has 0 heterocycles. The van der Waals surface area contributed by atoms with Crippen molar-refractivity contribution >= 4 is 46.2 Å². The van der Waals surface area contributed by atoms with E-state index in [4.69, 9.17) is 0 Å². The molecule has 0 aromatic carbocycles. The quantitative estimate of drug-likeness (QED) is 0.248. The number of carbonyl (C=O) groups excluding carboxylic acids is 1. The first-order valence-corrected chi connectivity index (χ1v) is 14.1. The van der Waals surface area contributed by atoms with Crippen LogP contribution in [0.4, 0.5) is 0 Å². The van der Waals surface area contributed by atoms with Crippen LogP contribution in [0.15, 0.2) is 9.47 Å². The fourth-order valence-corrected chi connectivity index (χ4v) is 3.42. The Labute approximate surface area is 166 Å². The normalized spacial score (nSPS) is 34.8. The summed E-state index contributed by atoms with van der Waals surface area (Å²) in [6.45, 7) is 13.5. The van der Waals surface area contributed by atoms with Crippen LogP contribution in [0, 0.1) is 47.0 Å². The van der Waals surface area contributed by atoms with Crippen LogP contribution in [0.5, 0.6) is 0 Å². The molecule has 6 atom stereocenters. The molecule has 3 aliphatic carbocycles. The molecule has 0 bridgehead atoms. The molecule has 3 rings (SSSR count). The van der Waals surface area contributed by atoms with E-state index in [1.165, 1.54) is 12.8 Å². The predicted molar refractivity (Wildman–Crippen MR) is 115 cm³/mol. The van der Waals surface area contributed by atoms with Gasteiger partial charge in [0.05, 0.1) is 3.39 Å². The number of rotatable bonds is 2. The van der Waals surface area contributed by atoms with Crippen molar-refractivity contribution in [1.82, 2.24) is 0 Å². The van der Waals surface area contributed by atoms with Crippen LogP contribution in [-0.2, 0) is 4.79 Å². The number of allylic oxidation sites excluding steroid dienone is 1. The zero-order valence-electron chi connectivity index (χ0n) is 15.9. The lowest BCUT2D eigenvalue weighted by Crippen LogP contribution is -2.16. The van der Waals surface area contributed by atoms with E-state index in [1.54, 1.807) is 0 Å². The van der Waals surface area contributed by atoms with E-state index in [2.05, 4.69) is 89.8 Å². The smallest absolute Gasteiger partial charge is 0.129 e. The molecule has 0 spiro atoms. The molecule has 0 aromatic heterocycles. The molecule has 0 saturated heterocycles. The lowest BCUT2D eigenvalue weighted by atomic mass is 10.3. The highest BCUT2D eigenvalue weighted by atomic mass is 79.9. The van der Waals surface area contributed by atoms with E-state index in [-0.39, 0.29) is 0 Å². The second kappa shape index (κ2) is 9.74. The molecule has 0 N–H and O–H groups in total. The maximum atomic E-state index is 9.78. The molecular weight excluding hydrogens is 444 g/mol. The lowest BCUT2D eigenvalue weighted by Gasteiger charge is -2.02. The summed E-state index contributed by atoms with van der Waals surface area (Å²) in [5.41, 5.74) is 3.40. The van der Waals surface area contributed by atoms with Gasteiger partial charge in [-0.1, -0.05) is 46.5 Å². The average Bonchev–Trinajstić information content (AvgIpc) is 3.37. The van der Waals surface area contributed by atoms with Crippen molar-refractivity contribution in [2.45, 2.75) is 59.7 Å². The Bertz CT molecular complexity index is 508. The molecule has 136 valence electrons. The van der Waals surface area contributed by atoms with E-state index in [0.29, 0.717) is 11.8 Å². The van der Waals surface area contributed by atoms with Crippen molar-refractivity contribution in [2.24, 2.45) is 35.5 Å². The molecule has 0 amide bonds. The summed E-state index contributed by atoms with van der Waals surface area (Å²) >= 11 is 6.64. The van der Waals surface area contributed by atoms with E-state index < -0.39 is 8.07 Å². The van der Waals surface area contributed by atoms with Crippen molar-refractivity contribution in [3.05, 3.63) is 9.47 Å². The molecule has 6 unspecified atom stereocenters. The second-order valence-electron chi connectivity index (χ2n) is 8.68. The summed E-state index contributed by atoms with van der Waals surface area (Å²) in [6.07, 6.45) is 7.09. The van der Waals surface area contributed by atoms with Crippen molar-refractivity contribution in [3.63, 3.8) is 0 Å². The molecule has 0 aromatic rings. The minimum Gasteiger partial charge on any atom is -0.303 e. The summed E-state index contributed by atoms with van der Waals surface area (Å²) in [7, 11) is -1.07. The number of hydrogen-bond acceptors (Lipinski definition) is 1. The molecule has 3 aliphatic rings. The minimum absolute atomic E-state index is 0.421. The van der Waals surface area contributed by atoms with Crippen LogP contribution in [0.3, 0.4) is 0 Å². The molecule has 1 nitrogen and oxygen atoms in total. The van der Waals surface area contributed by atoms with Gasteiger partial charge in [-0.15, -0.1) is 11.5 Å². The second-order valence-corrected chi connectivity index (χ2v) is 16.2. The highest BCUT2D eigenvalue weighted by Gasteiger charge is 2.31. The number of carbonyl (C=O) groups is 1. The standard InChI is InChI=1S/C9H16Si.C6H8Br2.C5H8O/c1-8-7-9(8)5-6-10(2,3)4;1-4-2-5(4)3-6(7)8;1-4-2-5(4)3-6/h8-9H,7H2,1-4H3;3-5H,2H2,1H3;3-5H,2H2,1H3. The predicted octanol–water partition coefficient (Wildman–Crippen LogP) is 6.64. The Morgan fingerprint density at radius 2 is 1.42 bits per heavy atom. The third-order valence-corrected chi connectivity index (χ3v) is 6.02. The molecule has 3 fully saturated rings. The molecule has 3 saturated carbocycles. The summed E-state index contributed by atoms with van der Waals surface area (Å²) < 4.78 is 1.10. The Kier molecular flexibility index (Phi) is 9.00. The van der Waals surface area contributed by atoms with Gasteiger partial charge in [-0.3, -0.25) is 0 Å². The zero-order valence-corrected chi connectivity index (χ0v) is 20.1. The van der Waals surface area contributed by atoms with Gasteiger partial charge in [-0.25, -0.2) is 0 Å². The first-order valence-electron chi connectivity index (χ1n) is 9.04. The van der Waals surface area contributed by atoms with Crippen molar-refractivity contribution < 1.29 is 4.79 Å². The van der Waals surface area contributed by atoms with Gasteiger partial charge in [0.1, 0.15) is 14.4 Å². The maximum absolute atomic E-state index is 9.78. The highest BCUT2D eigenvalue weighted by Crippen LogP contribution is 2.40. The van der Waals surface area contributed by atoms with Gasteiger partial charge in [0.25, 0.3) is 0 Å². The fraction of sp³-hybridized carbons (Fsp3) is 0.750. The first-order chi connectivity index (χ1) is 11.0. The van der Waals surface area contributed by atoms with E-state index in [1.807, 2.05) is 0 Å². The van der Waals surface area contributed by atoms with Crippen LogP contribution in [0.1, 0.15) is 40.0 Å². The van der Waals surface area contributed by atoms with Gasteiger partial charge in [-0.2, -0.15) is 0 Å².